The zero-order valence-corrected chi connectivity index (χ0v) is 20.6. The highest BCUT2D eigenvalue weighted by atomic mass is 19.3. The Morgan fingerprint density at radius 2 is 1.97 bits per heavy atom. The van der Waals surface area contributed by atoms with Gasteiger partial charge in [-0.3, -0.25) is 9.18 Å². The van der Waals surface area contributed by atoms with E-state index in [1.54, 1.807) is 12.1 Å². The fraction of sp³-hybridized carbons (Fsp3) is 0.519. The van der Waals surface area contributed by atoms with Gasteiger partial charge in [0.05, 0.1) is 13.8 Å². The van der Waals surface area contributed by atoms with Crippen molar-refractivity contribution in [1.29, 1.82) is 0 Å². The third-order valence-electron chi connectivity index (χ3n) is 5.01. The van der Waals surface area contributed by atoms with Crippen molar-refractivity contribution >= 4 is 11.5 Å². The van der Waals surface area contributed by atoms with E-state index in [-0.39, 0.29) is 17.5 Å². The van der Waals surface area contributed by atoms with Crippen molar-refractivity contribution in [3.8, 4) is 18.6 Å². The number of carbonyl (C=O) groups excluding carboxylic acids is 1. The number of rotatable bonds is 11. The van der Waals surface area contributed by atoms with Crippen LogP contribution in [0.3, 0.4) is 0 Å². The highest BCUT2D eigenvalue weighted by molar-refractivity contribution is 5.96. The number of fused-ring (bicyclic) bond motifs is 1. The number of hydrogen-bond acceptors (Lipinski definition) is 3. The molecule has 1 aliphatic rings. The molecule has 1 aromatic carbocycles. The molecular formula is C27H39F3N2O2. The molecule has 0 saturated carbocycles. The number of halogens is 3. The molecular weight excluding hydrogens is 441 g/mol. The lowest BCUT2D eigenvalue weighted by Crippen LogP contribution is -2.31. The van der Waals surface area contributed by atoms with Crippen LogP contribution in [0, 0.1) is 12.8 Å². The number of amides is 1. The first kappa shape index (κ1) is 31.3. The number of unbranched alkanes of at least 4 members (excludes halogenated alkanes) is 1. The average molecular weight is 481 g/mol. The van der Waals surface area contributed by atoms with Gasteiger partial charge in [0, 0.05) is 29.8 Å². The minimum Gasteiger partial charge on any atom is -0.493 e. The van der Waals surface area contributed by atoms with Crippen LogP contribution in [0.15, 0.2) is 36.4 Å². The summed E-state index contributed by atoms with van der Waals surface area (Å²) >= 11 is 0. The van der Waals surface area contributed by atoms with Gasteiger partial charge in [-0.1, -0.05) is 31.2 Å². The number of ether oxygens (including phenoxy) is 1. The molecule has 7 heteroatoms. The van der Waals surface area contributed by atoms with E-state index >= 15 is 0 Å². The van der Waals surface area contributed by atoms with Gasteiger partial charge in [0.2, 0.25) is 5.91 Å². The number of alkyl halides is 3. The van der Waals surface area contributed by atoms with Gasteiger partial charge in [-0.2, -0.15) is 0 Å². The van der Waals surface area contributed by atoms with Gasteiger partial charge in [-0.05, 0) is 63.6 Å². The first-order valence-corrected chi connectivity index (χ1v) is 11.6. The molecule has 2 rings (SSSR count). The van der Waals surface area contributed by atoms with Crippen LogP contribution in [-0.4, -0.2) is 38.8 Å². The minimum absolute atomic E-state index is 0.0664. The van der Waals surface area contributed by atoms with E-state index < -0.39 is 6.43 Å². The normalized spacial score (nSPS) is 14.7. The third-order valence-corrected chi connectivity index (χ3v) is 5.01. The van der Waals surface area contributed by atoms with Crippen molar-refractivity contribution in [3.63, 3.8) is 0 Å². The Morgan fingerprint density at radius 3 is 2.65 bits per heavy atom. The molecule has 1 atom stereocenters. The standard InChI is InChI=1S/C24H34F2N2O2.C2H2.CH3F/c1-3-13-27-14-7-5-4-6-9-18(2)28-23(29)17-19-10-8-15-30-22-16-20(24(25)26)11-12-21(19)22;2*1-2/h5,7,11-12,16-18,24,27H,3-4,6,8-10,13-15H2,1-2H3,(H,28,29);1-2H;1H3/b7-5-,19-17+;;. The second-order valence-electron chi connectivity index (χ2n) is 7.69. The van der Waals surface area contributed by atoms with Crippen molar-refractivity contribution < 1.29 is 22.7 Å². The van der Waals surface area contributed by atoms with E-state index in [1.807, 2.05) is 6.92 Å². The maximum atomic E-state index is 13.0. The van der Waals surface area contributed by atoms with Gasteiger partial charge in [-0.25, -0.2) is 8.78 Å². The van der Waals surface area contributed by atoms with Crippen LogP contribution in [-0.2, 0) is 4.79 Å². The van der Waals surface area contributed by atoms with Crippen molar-refractivity contribution in [1.82, 2.24) is 10.6 Å². The van der Waals surface area contributed by atoms with Crippen LogP contribution in [0.5, 0.6) is 5.75 Å². The van der Waals surface area contributed by atoms with Crippen LogP contribution in [0.4, 0.5) is 13.2 Å². The maximum absolute atomic E-state index is 13.0. The molecule has 0 saturated heterocycles. The number of terminal acetylenes is 1. The topological polar surface area (TPSA) is 50.4 Å². The molecule has 2 N–H and O–H groups in total. The number of benzene rings is 1. The molecule has 0 bridgehead atoms. The van der Waals surface area contributed by atoms with Gasteiger partial charge < -0.3 is 15.4 Å². The quantitative estimate of drug-likeness (QED) is 0.170. The Hall–Kier alpha value is -2.72. The largest absolute Gasteiger partial charge is 0.493 e. The van der Waals surface area contributed by atoms with Gasteiger partial charge >= 0.3 is 0 Å². The van der Waals surface area contributed by atoms with Gasteiger partial charge in [-0.15, -0.1) is 12.8 Å². The van der Waals surface area contributed by atoms with Crippen molar-refractivity contribution in [3.05, 3.63) is 47.6 Å². The molecule has 34 heavy (non-hydrogen) atoms. The molecule has 0 radical (unpaired) electrons. The monoisotopic (exact) mass is 480 g/mol. The minimum atomic E-state index is -2.54. The van der Waals surface area contributed by atoms with Gasteiger partial charge in [0.1, 0.15) is 5.75 Å². The van der Waals surface area contributed by atoms with Crippen LogP contribution >= 0.6 is 0 Å². The van der Waals surface area contributed by atoms with E-state index in [9.17, 15) is 18.0 Å². The fourth-order valence-electron chi connectivity index (χ4n) is 3.41. The number of hydrogen-bond donors (Lipinski definition) is 2. The Balaban J connectivity index is 0.00000258. The lowest BCUT2D eigenvalue weighted by Gasteiger charge is -2.14. The van der Waals surface area contributed by atoms with Crippen molar-refractivity contribution in [2.45, 2.75) is 64.8 Å². The molecule has 0 fully saturated rings. The zero-order valence-electron chi connectivity index (χ0n) is 20.6. The summed E-state index contributed by atoms with van der Waals surface area (Å²) < 4.78 is 41.1. The summed E-state index contributed by atoms with van der Waals surface area (Å²) in [5, 5.41) is 6.34. The smallest absolute Gasteiger partial charge is 0.263 e. The van der Waals surface area contributed by atoms with E-state index in [1.165, 1.54) is 12.1 Å². The predicted octanol–water partition coefficient (Wildman–Crippen LogP) is 6.25. The number of carbonyl (C=O) groups is 1. The summed E-state index contributed by atoms with van der Waals surface area (Å²) in [7, 11) is 0.500. The van der Waals surface area contributed by atoms with Crippen LogP contribution in [0.1, 0.15) is 69.9 Å². The summed E-state index contributed by atoms with van der Waals surface area (Å²) in [5.41, 5.74) is 1.49. The molecule has 1 aliphatic heterocycles. The third kappa shape index (κ3) is 12.5. The zero-order chi connectivity index (χ0) is 25.8. The lowest BCUT2D eigenvalue weighted by molar-refractivity contribution is -0.117. The second-order valence-corrected chi connectivity index (χ2v) is 7.69. The van der Waals surface area contributed by atoms with E-state index in [0.29, 0.717) is 26.0 Å². The van der Waals surface area contributed by atoms with Crippen LogP contribution in [0.2, 0.25) is 0 Å². The van der Waals surface area contributed by atoms with E-state index in [0.717, 1.165) is 56.3 Å². The van der Waals surface area contributed by atoms with Crippen LogP contribution in [0.25, 0.3) is 5.57 Å². The second kappa shape index (κ2) is 19.7. The van der Waals surface area contributed by atoms with Gasteiger partial charge in [0.15, 0.2) is 0 Å². The molecule has 1 aromatic rings. The summed E-state index contributed by atoms with van der Waals surface area (Å²) in [6, 6.07) is 4.48. The predicted molar refractivity (Wildman–Crippen MR) is 135 cm³/mol. The molecule has 1 unspecified atom stereocenters. The van der Waals surface area contributed by atoms with Crippen molar-refractivity contribution in [2.24, 2.45) is 0 Å². The lowest BCUT2D eigenvalue weighted by atomic mass is 9.99. The summed E-state index contributed by atoms with van der Waals surface area (Å²) in [4.78, 5) is 12.5. The maximum Gasteiger partial charge on any atom is 0.263 e. The highest BCUT2D eigenvalue weighted by Gasteiger charge is 2.18. The Kier molecular flexibility index (Phi) is 18.1. The average Bonchev–Trinajstić information content (AvgIpc) is 3.04. The van der Waals surface area contributed by atoms with Crippen LogP contribution < -0.4 is 15.4 Å². The van der Waals surface area contributed by atoms with Gasteiger partial charge in [0.25, 0.3) is 6.43 Å². The fourth-order valence-corrected chi connectivity index (χ4v) is 3.41. The SMILES string of the molecule is C#C.CCCNC/C=C\CCCC(C)NC(=O)/C=C1\CCCOc2cc(C(F)F)ccc21.CF. The van der Waals surface area contributed by atoms with E-state index in [2.05, 4.69) is 42.6 Å². The molecule has 1 amide bonds. The number of nitrogens with one attached hydrogen (secondary N) is 2. The van der Waals surface area contributed by atoms with E-state index in [4.69, 9.17) is 4.74 Å². The Morgan fingerprint density at radius 1 is 1.24 bits per heavy atom. The van der Waals surface area contributed by atoms with Crippen molar-refractivity contribution in [2.75, 3.05) is 26.9 Å². The Bertz CT molecular complexity index is 776. The summed E-state index contributed by atoms with van der Waals surface area (Å²) in [5.74, 6) is 0.278. The molecule has 0 aliphatic carbocycles. The first-order chi connectivity index (χ1) is 16.5. The molecule has 4 nitrogen and oxygen atoms in total. The summed E-state index contributed by atoms with van der Waals surface area (Å²) in [6.45, 7) is 6.54. The first-order valence-electron chi connectivity index (χ1n) is 11.6. The molecule has 190 valence electrons. The molecule has 0 aromatic heterocycles. The molecule has 1 heterocycles. The number of allylic oxidation sites excluding steroid dienone is 2. The summed E-state index contributed by atoms with van der Waals surface area (Å²) in [6.07, 6.45) is 16.8. The molecule has 0 spiro atoms. The Labute approximate surface area is 203 Å². The highest BCUT2D eigenvalue weighted by Crippen LogP contribution is 2.35.